The fourth-order valence-electron chi connectivity index (χ4n) is 3.41. The third kappa shape index (κ3) is 2.25. The Balaban J connectivity index is 1.85. The van der Waals surface area contributed by atoms with E-state index in [9.17, 15) is 4.79 Å². The van der Waals surface area contributed by atoms with Crippen LogP contribution in [0, 0.1) is 0 Å². The van der Waals surface area contributed by atoms with Crippen LogP contribution in [0.2, 0.25) is 0 Å². The van der Waals surface area contributed by atoms with Crippen molar-refractivity contribution in [2.45, 2.75) is 6.42 Å². The monoisotopic (exact) mass is 302 g/mol. The van der Waals surface area contributed by atoms with Gasteiger partial charge in [-0.15, -0.1) is 0 Å². The average Bonchev–Trinajstić information content (AvgIpc) is 2.90. The normalized spacial score (nSPS) is 15.4. The first-order valence-corrected chi connectivity index (χ1v) is 7.87. The molecule has 0 saturated heterocycles. The second-order valence-corrected chi connectivity index (χ2v) is 5.87. The van der Waals surface area contributed by atoms with Crippen molar-refractivity contribution >= 4 is 22.4 Å². The summed E-state index contributed by atoms with van der Waals surface area (Å²) in [4.78, 5) is 12.5. The molecule has 0 fully saturated rings. The van der Waals surface area contributed by atoms with Crippen molar-refractivity contribution in [3.05, 3.63) is 77.5 Å². The minimum absolute atomic E-state index is 0.0335. The molecule has 0 unspecified atom stereocenters. The Morgan fingerprint density at radius 3 is 2.65 bits per heavy atom. The smallest absolute Gasteiger partial charge is 0.187 e. The Bertz CT molecular complexity index is 919. The Morgan fingerprint density at radius 1 is 1.09 bits per heavy atom. The Kier molecular flexibility index (Phi) is 3.27. The zero-order chi connectivity index (χ0) is 15.8. The summed E-state index contributed by atoms with van der Waals surface area (Å²) in [6.07, 6.45) is 2.71. The molecular weight excluding hydrogens is 284 g/mol. The molecule has 2 aromatic carbocycles. The number of aromatic nitrogens is 1. The maximum absolute atomic E-state index is 12.5. The first-order valence-electron chi connectivity index (χ1n) is 7.87. The molecule has 23 heavy (non-hydrogen) atoms. The van der Waals surface area contributed by atoms with Gasteiger partial charge in [-0.25, -0.2) is 0 Å². The number of fused-ring (bicyclic) bond motifs is 3. The summed E-state index contributed by atoms with van der Waals surface area (Å²) in [7, 11) is 2.06. The van der Waals surface area contributed by atoms with Crippen LogP contribution in [0.15, 0.2) is 60.7 Å². The molecule has 0 bridgehead atoms. The maximum Gasteiger partial charge on any atom is 0.187 e. The van der Waals surface area contributed by atoms with Crippen molar-refractivity contribution in [3.8, 4) is 0 Å². The second-order valence-electron chi connectivity index (χ2n) is 5.87. The van der Waals surface area contributed by atoms with Crippen molar-refractivity contribution in [2.24, 2.45) is 7.05 Å². The third-order valence-corrected chi connectivity index (χ3v) is 4.49. The minimum atomic E-state index is 0.0335. The lowest BCUT2D eigenvalue weighted by Gasteiger charge is -2.19. The van der Waals surface area contributed by atoms with Crippen LogP contribution in [0.4, 0.5) is 0 Å². The molecule has 0 atom stereocenters. The molecule has 4 rings (SSSR count). The Labute approximate surface area is 135 Å². The van der Waals surface area contributed by atoms with E-state index in [0.717, 1.165) is 24.4 Å². The third-order valence-electron chi connectivity index (χ3n) is 4.49. The molecule has 2 heterocycles. The summed E-state index contributed by atoms with van der Waals surface area (Å²) in [5.41, 5.74) is 5.29. The van der Waals surface area contributed by atoms with Crippen molar-refractivity contribution in [3.63, 3.8) is 0 Å². The number of nitrogens with one attached hydrogen (secondary N) is 1. The molecular formula is C20H18N2O. The molecule has 0 saturated carbocycles. The van der Waals surface area contributed by atoms with Crippen molar-refractivity contribution in [2.75, 3.05) is 6.54 Å². The molecule has 1 aromatic heterocycles. The van der Waals surface area contributed by atoms with E-state index in [4.69, 9.17) is 0 Å². The van der Waals surface area contributed by atoms with Crippen molar-refractivity contribution in [1.29, 1.82) is 0 Å². The predicted molar refractivity (Wildman–Crippen MR) is 93.4 cm³/mol. The number of carbonyl (C=O) groups is 1. The van der Waals surface area contributed by atoms with Crippen molar-refractivity contribution < 1.29 is 4.79 Å². The summed E-state index contributed by atoms with van der Waals surface area (Å²) in [5.74, 6) is 0.0335. The number of hydrogen-bond acceptors (Lipinski definition) is 2. The summed E-state index contributed by atoms with van der Waals surface area (Å²) in [6, 6.07) is 17.8. The molecule has 3 nitrogen and oxygen atoms in total. The van der Waals surface area contributed by atoms with Gasteiger partial charge in [-0.3, -0.25) is 4.79 Å². The van der Waals surface area contributed by atoms with Crippen LogP contribution in [-0.2, 0) is 13.5 Å². The maximum atomic E-state index is 12.5. The molecule has 1 N–H and O–H groups in total. The number of ketones is 1. The lowest BCUT2D eigenvalue weighted by molar-refractivity contribution is 0.104. The van der Waals surface area contributed by atoms with Crippen LogP contribution in [0.1, 0.15) is 21.6 Å². The van der Waals surface area contributed by atoms with E-state index in [1.54, 1.807) is 6.08 Å². The minimum Gasteiger partial charge on any atom is -0.383 e. The number of nitrogens with zero attached hydrogens (tertiary/aromatic N) is 1. The molecule has 114 valence electrons. The highest BCUT2D eigenvalue weighted by molar-refractivity contribution is 6.09. The predicted octanol–water partition coefficient (Wildman–Crippen LogP) is 3.55. The van der Waals surface area contributed by atoms with Gasteiger partial charge in [0.25, 0.3) is 0 Å². The van der Waals surface area contributed by atoms with Gasteiger partial charge in [0, 0.05) is 36.1 Å². The van der Waals surface area contributed by atoms with Crippen LogP contribution in [0.25, 0.3) is 16.6 Å². The van der Waals surface area contributed by atoms with E-state index in [1.807, 2.05) is 30.3 Å². The highest BCUT2D eigenvalue weighted by Crippen LogP contribution is 2.32. The van der Waals surface area contributed by atoms with E-state index in [2.05, 4.69) is 41.2 Å². The van der Waals surface area contributed by atoms with Crippen LogP contribution in [-0.4, -0.2) is 16.9 Å². The fourth-order valence-corrected chi connectivity index (χ4v) is 3.41. The Morgan fingerprint density at radius 2 is 1.83 bits per heavy atom. The van der Waals surface area contributed by atoms with Gasteiger partial charge in [-0.2, -0.15) is 0 Å². The number of hydrogen-bond donors (Lipinski definition) is 1. The van der Waals surface area contributed by atoms with Crippen LogP contribution in [0.5, 0.6) is 0 Å². The number of para-hydroxylation sites is 1. The summed E-state index contributed by atoms with van der Waals surface area (Å²) in [6.45, 7) is 0.856. The van der Waals surface area contributed by atoms with Gasteiger partial charge in [0.2, 0.25) is 0 Å². The average molecular weight is 302 g/mol. The van der Waals surface area contributed by atoms with Gasteiger partial charge < -0.3 is 9.88 Å². The zero-order valence-electron chi connectivity index (χ0n) is 13.0. The van der Waals surface area contributed by atoms with Gasteiger partial charge >= 0.3 is 0 Å². The van der Waals surface area contributed by atoms with Crippen LogP contribution >= 0.6 is 0 Å². The Hall–Kier alpha value is -2.81. The molecule has 0 amide bonds. The van der Waals surface area contributed by atoms with Gasteiger partial charge in [0.1, 0.15) is 0 Å². The van der Waals surface area contributed by atoms with E-state index >= 15 is 0 Å². The molecule has 0 radical (unpaired) electrons. The fraction of sp³-hybridized carbons (Fsp3) is 0.150. The molecule has 1 aliphatic heterocycles. The topological polar surface area (TPSA) is 34.0 Å². The van der Waals surface area contributed by atoms with Gasteiger partial charge in [-0.05, 0) is 18.1 Å². The van der Waals surface area contributed by atoms with Crippen molar-refractivity contribution in [1.82, 2.24) is 9.88 Å². The summed E-state index contributed by atoms with van der Waals surface area (Å²) >= 11 is 0. The zero-order valence-corrected chi connectivity index (χ0v) is 13.0. The number of rotatable bonds is 2. The van der Waals surface area contributed by atoms with E-state index in [-0.39, 0.29) is 5.78 Å². The van der Waals surface area contributed by atoms with E-state index in [0.29, 0.717) is 5.56 Å². The molecule has 1 aliphatic rings. The number of benzene rings is 2. The first-order chi connectivity index (χ1) is 11.3. The summed E-state index contributed by atoms with van der Waals surface area (Å²) in [5, 5.41) is 4.68. The first kappa shape index (κ1) is 13.8. The lowest BCUT2D eigenvalue weighted by Crippen LogP contribution is -2.24. The molecule has 0 aliphatic carbocycles. The SMILES string of the molecule is Cn1c2c(c3ccccc31)CCN/C2=C\C(=O)c1ccccc1. The van der Waals surface area contributed by atoms with E-state index < -0.39 is 0 Å². The highest BCUT2D eigenvalue weighted by Gasteiger charge is 2.22. The largest absolute Gasteiger partial charge is 0.383 e. The van der Waals surface area contributed by atoms with Crippen LogP contribution in [0.3, 0.4) is 0 Å². The standard InChI is InChI=1S/C20H18N2O/c1-22-18-10-6-5-9-15(18)16-11-12-21-17(20(16)22)13-19(23)14-7-3-2-4-8-14/h2-10,13,21H,11-12H2,1H3/b17-13-. The number of aryl methyl sites for hydroxylation is 1. The number of carbonyl (C=O) groups excluding carboxylic acids is 1. The van der Waals surface area contributed by atoms with Gasteiger partial charge in [0.15, 0.2) is 5.78 Å². The van der Waals surface area contributed by atoms with Crippen LogP contribution < -0.4 is 5.32 Å². The second kappa shape index (κ2) is 5.43. The molecule has 3 heteroatoms. The summed E-state index contributed by atoms with van der Waals surface area (Å²) < 4.78 is 2.18. The highest BCUT2D eigenvalue weighted by atomic mass is 16.1. The lowest BCUT2D eigenvalue weighted by atomic mass is 10.0. The quantitative estimate of drug-likeness (QED) is 0.580. The van der Waals surface area contributed by atoms with Gasteiger partial charge in [-0.1, -0.05) is 48.5 Å². The van der Waals surface area contributed by atoms with E-state index in [1.165, 1.54) is 16.5 Å². The van der Waals surface area contributed by atoms with Gasteiger partial charge in [0.05, 0.1) is 11.4 Å². The molecule has 3 aromatic rings. The number of allylic oxidation sites excluding steroid dienone is 1. The molecule has 0 spiro atoms.